The van der Waals surface area contributed by atoms with Crippen molar-refractivity contribution >= 4 is 15.9 Å². The summed E-state index contributed by atoms with van der Waals surface area (Å²) in [7, 11) is 0. The van der Waals surface area contributed by atoms with Gasteiger partial charge >= 0.3 is 0 Å². The Morgan fingerprint density at radius 1 is 1.33 bits per heavy atom. The zero-order chi connectivity index (χ0) is 8.81. The van der Waals surface area contributed by atoms with Gasteiger partial charge in [0.1, 0.15) is 0 Å². The molecule has 0 aromatic heterocycles. The minimum atomic E-state index is 0.972. The number of allylic oxidation sites excluding steroid dienone is 2. The van der Waals surface area contributed by atoms with Crippen molar-refractivity contribution in [3.05, 3.63) is 47.5 Å². The predicted octanol–water partition coefficient (Wildman–Crippen LogP) is 3.57. The molecule has 0 radical (unpaired) electrons. The second-order valence-electron chi connectivity index (χ2n) is 2.87. The molecule has 1 rings (SSSR count). The van der Waals surface area contributed by atoms with Gasteiger partial charge < -0.3 is 0 Å². The SMILES string of the molecule is CC(=CCc1ccccc1)CBr. The minimum Gasteiger partial charge on any atom is -0.0880 e. The summed E-state index contributed by atoms with van der Waals surface area (Å²) in [5, 5.41) is 0.972. The van der Waals surface area contributed by atoms with Crippen LogP contribution in [-0.2, 0) is 6.42 Å². The van der Waals surface area contributed by atoms with Gasteiger partial charge in [-0.2, -0.15) is 0 Å². The van der Waals surface area contributed by atoms with E-state index < -0.39 is 0 Å². The lowest BCUT2D eigenvalue weighted by Crippen LogP contribution is -1.82. The molecule has 1 aromatic carbocycles. The van der Waals surface area contributed by atoms with E-state index in [1.165, 1.54) is 11.1 Å². The van der Waals surface area contributed by atoms with Crippen molar-refractivity contribution in [2.24, 2.45) is 0 Å². The fourth-order valence-corrected chi connectivity index (χ4v) is 1.19. The molecule has 1 heteroatoms. The third-order valence-electron chi connectivity index (χ3n) is 1.74. The summed E-state index contributed by atoms with van der Waals surface area (Å²) < 4.78 is 0. The van der Waals surface area contributed by atoms with E-state index in [9.17, 15) is 0 Å². The molecule has 0 aliphatic rings. The topological polar surface area (TPSA) is 0 Å². The van der Waals surface area contributed by atoms with Gasteiger partial charge in [-0.1, -0.05) is 57.9 Å². The van der Waals surface area contributed by atoms with E-state index >= 15 is 0 Å². The number of rotatable bonds is 3. The predicted molar refractivity (Wildman–Crippen MR) is 57.7 cm³/mol. The summed E-state index contributed by atoms with van der Waals surface area (Å²) in [6.07, 6.45) is 3.29. The average molecular weight is 225 g/mol. The lowest BCUT2D eigenvalue weighted by Gasteiger charge is -1.96. The van der Waals surface area contributed by atoms with E-state index in [1.807, 2.05) is 6.07 Å². The first-order valence-electron chi connectivity index (χ1n) is 4.08. The van der Waals surface area contributed by atoms with E-state index in [4.69, 9.17) is 0 Å². The Morgan fingerprint density at radius 3 is 2.58 bits per heavy atom. The number of benzene rings is 1. The maximum Gasteiger partial charge on any atom is 0.0239 e. The van der Waals surface area contributed by atoms with Gasteiger partial charge in [-0.05, 0) is 18.9 Å². The molecule has 0 atom stereocenters. The summed E-state index contributed by atoms with van der Waals surface area (Å²) in [5.41, 5.74) is 2.76. The molecule has 0 amide bonds. The molecule has 0 unspecified atom stereocenters. The van der Waals surface area contributed by atoms with Crippen LogP contribution in [0.5, 0.6) is 0 Å². The van der Waals surface area contributed by atoms with Crippen molar-refractivity contribution in [1.29, 1.82) is 0 Å². The van der Waals surface area contributed by atoms with Gasteiger partial charge in [0, 0.05) is 5.33 Å². The summed E-state index contributed by atoms with van der Waals surface area (Å²) in [6, 6.07) is 10.5. The Kier molecular flexibility index (Phi) is 4.09. The second-order valence-corrected chi connectivity index (χ2v) is 3.43. The summed E-state index contributed by atoms with van der Waals surface area (Å²) in [6.45, 7) is 2.14. The van der Waals surface area contributed by atoms with Crippen LogP contribution in [0.25, 0.3) is 0 Å². The van der Waals surface area contributed by atoms with Crippen LogP contribution in [0.15, 0.2) is 42.0 Å². The molecule has 1 aromatic rings. The quantitative estimate of drug-likeness (QED) is 0.545. The fraction of sp³-hybridized carbons (Fsp3) is 0.273. The third kappa shape index (κ3) is 3.22. The summed E-state index contributed by atoms with van der Waals surface area (Å²) >= 11 is 3.42. The highest BCUT2D eigenvalue weighted by Gasteiger charge is 1.88. The normalized spacial score (nSPS) is 11.7. The van der Waals surface area contributed by atoms with Gasteiger partial charge in [-0.15, -0.1) is 0 Å². The van der Waals surface area contributed by atoms with Crippen molar-refractivity contribution in [3.63, 3.8) is 0 Å². The van der Waals surface area contributed by atoms with Crippen molar-refractivity contribution in [2.45, 2.75) is 13.3 Å². The molecule has 0 fully saturated rings. The Morgan fingerprint density at radius 2 is 2.00 bits per heavy atom. The fourth-order valence-electron chi connectivity index (χ4n) is 0.961. The molecular weight excluding hydrogens is 212 g/mol. The zero-order valence-corrected chi connectivity index (χ0v) is 8.84. The first-order chi connectivity index (χ1) is 5.83. The molecule has 0 heterocycles. The zero-order valence-electron chi connectivity index (χ0n) is 7.26. The Labute approximate surface area is 82.4 Å². The highest BCUT2D eigenvalue weighted by molar-refractivity contribution is 9.09. The molecule has 0 aliphatic carbocycles. The highest BCUT2D eigenvalue weighted by Crippen LogP contribution is 2.04. The first-order valence-corrected chi connectivity index (χ1v) is 5.20. The van der Waals surface area contributed by atoms with Crippen LogP contribution in [0, 0.1) is 0 Å². The first kappa shape index (κ1) is 9.53. The van der Waals surface area contributed by atoms with Crippen LogP contribution in [0.1, 0.15) is 12.5 Å². The van der Waals surface area contributed by atoms with Gasteiger partial charge in [0.2, 0.25) is 0 Å². The number of alkyl halides is 1. The standard InChI is InChI=1S/C11H13Br/c1-10(9-12)7-8-11-5-3-2-4-6-11/h2-7H,8-9H2,1H3. The maximum absolute atomic E-state index is 3.42. The van der Waals surface area contributed by atoms with Crippen LogP contribution in [-0.4, -0.2) is 5.33 Å². The number of hydrogen-bond acceptors (Lipinski definition) is 0. The van der Waals surface area contributed by atoms with Gasteiger partial charge in [0.15, 0.2) is 0 Å². The van der Waals surface area contributed by atoms with Crippen LogP contribution in [0.3, 0.4) is 0 Å². The molecule has 0 spiro atoms. The average Bonchev–Trinajstić information content (AvgIpc) is 2.16. The van der Waals surface area contributed by atoms with E-state index in [-0.39, 0.29) is 0 Å². The van der Waals surface area contributed by atoms with E-state index in [0.717, 1.165) is 11.8 Å². The Bertz CT molecular complexity index is 249. The summed E-state index contributed by atoms with van der Waals surface area (Å²) in [4.78, 5) is 0. The van der Waals surface area contributed by atoms with Crippen molar-refractivity contribution in [3.8, 4) is 0 Å². The second kappa shape index (κ2) is 5.15. The van der Waals surface area contributed by atoms with Crippen LogP contribution in [0.4, 0.5) is 0 Å². The Balaban J connectivity index is 2.54. The maximum atomic E-state index is 3.42. The molecule has 0 nitrogen and oxygen atoms in total. The van der Waals surface area contributed by atoms with Crippen LogP contribution >= 0.6 is 15.9 Å². The van der Waals surface area contributed by atoms with Crippen LogP contribution in [0.2, 0.25) is 0 Å². The molecule has 12 heavy (non-hydrogen) atoms. The molecule has 0 aliphatic heterocycles. The lowest BCUT2D eigenvalue weighted by atomic mass is 10.1. The molecular formula is C11H13Br. The van der Waals surface area contributed by atoms with Crippen LogP contribution < -0.4 is 0 Å². The van der Waals surface area contributed by atoms with Gasteiger partial charge in [0.25, 0.3) is 0 Å². The van der Waals surface area contributed by atoms with E-state index in [0.29, 0.717) is 0 Å². The molecule has 0 bridgehead atoms. The minimum absolute atomic E-state index is 0.972. The number of hydrogen-bond donors (Lipinski definition) is 0. The van der Waals surface area contributed by atoms with Crippen molar-refractivity contribution in [2.75, 3.05) is 5.33 Å². The van der Waals surface area contributed by atoms with Crippen molar-refractivity contribution < 1.29 is 0 Å². The molecule has 0 saturated carbocycles. The lowest BCUT2D eigenvalue weighted by molar-refractivity contribution is 1.22. The summed E-state index contributed by atoms with van der Waals surface area (Å²) in [5.74, 6) is 0. The van der Waals surface area contributed by atoms with E-state index in [1.54, 1.807) is 0 Å². The number of halogens is 1. The smallest absolute Gasteiger partial charge is 0.0239 e. The van der Waals surface area contributed by atoms with Gasteiger partial charge in [0.05, 0.1) is 0 Å². The highest BCUT2D eigenvalue weighted by atomic mass is 79.9. The largest absolute Gasteiger partial charge is 0.0880 e. The molecule has 0 saturated heterocycles. The third-order valence-corrected chi connectivity index (χ3v) is 2.62. The monoisotopic (exact) mass is 224 g/mol. The van der Waals surface area contributed by atoms with Crippen molar-refractivity contribution in [1.82, 2.24) is 0 Å². The van der Waals surface area contributed by atoms with Gasteiger partial charge in [-0.3, -0.25) is 0 Å². The molecule has 0 N–H and O–H groups in total. The molecule has 64 valence electrons. The van der Waals surface area contributed by atoms with Gasteiger partial charge in [-0.25, -0.2) is 0 Å². The van der Waals surface area contributed by atoms with E-state index in [2.05, 4.69) is 53.2 Å². The Hall–Kier alpha value is -0.560.